The standard InChI is InChI=1S/C22H28N2O3S/c1-4-27-22(26)20-18(17-10-8-15(2)9-11-17)14-28-21(20)23-19(25)13-24-12-6-5-7-16(24)3/h8-11,14,16H,4-7,12-13H2,1-3H3,(H,23,25)/p+1/t16-/m0/s1. The van der Waals surface area contributed by atoms with Crippen LogP contribution in [0.5, 0.6) is 0 Å². The van der Waals surface area contributed by atoms with Crippen molar-refractivity contribution in [2.24, 2.45) is 0 Å². The predicted octanol–water partition coefficient (Wildman–Crippen LogP) is 3.30. The first-order chi connectivity index (χ1) is 13.5. The predicted molar refractivity (Wildman–Crippen MR) is 113 cm³/mol. The average Bonchev–Trinajstić information content (AvgIpc) is 3.08. The third kappa shape index (κ3) is 4.80. The molecule has 2 N–H and O–H groups in total. The van der Waals surface area contributed by atoms with E-state index in [0.29, 0.717) is 29.8 Å². The van der Waals surface area contributed by atoms with Gasteiger partial charge in [-0.25, -0.2) is 4.79 Å². The lowest BCUT2D eigenvalue weighted by Crippen LogP contribution is -3.17. The van der Waals surface area contributed by atoms with Crippen molar-refractivity contribution in [1.82, 2.24) is 0 Å². The molecule has 2 aromatic rings. The van der Waals surface area contributed by atoms with Gasteiger partial charge in [-0.2, -0.15) is 0 Å². The van der Waals surface area contributed by atoms with Crippen LogP contribution in [0.3, 0.4) is 0 Å². The minimum absolute atomic E-state index is 0.0494. The molecule has 6 heteroatoms. The Balaban J connectivity index is 1.82. The molecular formula is C22H29N2O3S+. The Morgan fingerprint density at radius 1 is 1.25 bits per heavy atom. The highest BCUT2D eigenvalue weighted by Crippen LogP contribution is 2.36. The minimum atomic E-state index is -0.395. The summed E-state index contributed by atoms with van der Waals surface area (Å²) in [4.78, 5) is 26.6. The summed E-state index contributed by atoms with van der Waals surface area (Å²) in [5.41, 5.74) is 3.35. The number of rotatable bonds is 6. The lowest BCUT2D eigenvalue weighted by atomic mass is 10.0. The van der Waals surface area contributed by atoms with Gasteiger partial charge in [-0.15, -0.1) is 11.3 Å². The molecule has 1 aromatic carbocycles. The number of esters is 1. The van der Waals surface area contributed by atoms with E-state index in [0.717, 1.165) is 36.1 Å². The van der Waals surface area contributed by atoms with E-state index in [-0.39, 0.29) is 5.91 Å². The molecule has 1 aliphatic heterocycles. The second kappa shape index (κ2) is 9.34. The minimum Gasteiger partial charge on any atom is -0.462 e. The number of aryl methyl sites for hydroxylation is 1. The number of thiophene rings is 1. The van der Waals surface area contributed by atoms with Crippen LogP contribution >= 0.6 is 11.3 Å². The maximum Gasteiger partial charge on any atom is 0.341 e. The highest BCUT2D eigenvalue weighted by Gasteiger charge is 2.27. The molecule has 1 aliphatic rings. The van der Waals surface area contributed by atoms with Gasteiger partial charge in [0.05, 0.1) is 19.2 Å². The summed E-state index contributed by atoms with van der Waals surface area (Å²) in [5.74, 6) is -0.445. The molecule has 3 rings (SSSR count). The normalized spacial score (nSPS) is 19.2. The Morgan fingerprint density at radius 3 is 2.68 bits per heavy atom. The highest BCUT2D eigenvalue weighted by molar-refractivity contribution is 7.15. The van der Waals surface area contributed by atoms with Gasteiger partial charge in [-0.05, 0) is 45.6 Å². The molecule has 0 saturated carbocycles. The fourth-order valence-corrected chi connectivity index (χ4v) is 4.67. The number of anilines is 1. The lowest BCUT2D eigenvalue weighted by molar-refractivity contribution is -0.920. The van der Waals surface area contributed by atoms with E-state index >= 15 is 0 Å². The van der Waals surface area contributed by atoms with Crippen molar-refractivity contribution in [3.8, 4) is 11.1 Å². The van der Waals surface area contributed by atoms with Gasteiger partial charge in [0.1, 0.15) is 10.6 Å². The van der Waals surface area contributed by atoms with Crippen LogP contribution in [0.15, 0.2) is 29.6 Å². The van der Waals surface area contributed by atoms with Gasteiger partial charge in [0, 0.05) is 10.9 Å². The molecule has 28 heavy (non-hydrogen) atoms. The van der Waals surface area contributed by atoms with E-state index in [1.54, 1.807) is 6.92 Å². The second-order valence-electron chi connectivity index (χ2n) is 7.47. The maximum absolute atomic E-state index is 12.7. The Bertz CT molecular complexity index is 829. The monoisotopic (exact) mass is 401 g/mol. The fourth-order valence-electron chi connectivity index (χ4n) is 3.69. The van der Waals surface area contributed by atoms with Crippen molar-refractivity contribution in [3.05, 3.63) is 40.8 Å². The van der Waals surface area contributed by atoms with E-state index in [9.17, 15) is 9.59 Å². The molecule has 0 radical (unpaired) electrons. The number of ether oxygens (including phenoxy) is 1. The van der Waals surface area contributed by atoms with E-state index in [1.165, 1.54) is 22.7 Å². The van der Waals surface area contributed by atoms with Gasteiger partial charge < -0.3 is 15.0 Å². The molecule has 2 atom stereocenters. The van der Waals surface area contributed by atoms with Crippen molar-refractivity contribution in [2.75, 3.05) is 25.0 Å². The summed E-state index contributed by atoms with van der Waals surface area (Å²) < 4.78 is 5.27. The first kappa shape index (κ1) is 20.6. The number of nitrogens with one attached hydrogen (secondary N) is 2. The number of carbonyl (C=O) groups is 2. The molecule has 0 spiro atoms. The number of amides is 1. The molecule has 2 heterocycles. The highest BCUT2D eigenvalue weighted by atomic mass is 32.1. The van der Waals surface area contributed by atoms with Gasteiger partial charge in [-0.1, -0.05) is 29.8 Å². The molecular weight excluding hydrogens is 372 g/mol. The van der Waals surface area contributed by atoms with Crippen LogP contribution in [-0.2, 0) is 9.53 Å². The number of hydrogen-bond acceptors (Lipinski definition) is 4. The van der Waals surface area contributed by atoms with Gasteiger partial charge in [0.2, 0.25) is 0 Å². The number of piperidine rings is 1. The van der Waals surface area contributed by atoms with Crippen LogP contribution in [-0.4, -0.2) is 37.6 Å². The van der Waals surface area contributed by atoms with E-state index in [1.807, 2.05) is 36.6 Å². The first-order valence-corrected chi connectivity index (χ1v) is 10.9. The maximum atomic E-state index is 12.7. The quantitative estimate of drug-likeness (QED) is 0.730. The molecule has 150 valence electrons. The Morgan fingerprint density at radius 2 is 2.00 bits per heavy atom. The molecule has 1 unspecified atom stereocenters. The van der Waals surface area contributed by atoms with Crippen molar-refractivity contribution >= 4 is 28.2 Å². The van der Waals surface area contributed by atoms with Crippen LogP contribution in [0.2, 0.25) is 0 Å². The second-order valence-corrected chi connectivity index (χ2v) is 8.35. The van der Waals surface area contributed by atoms with Crippen LogP contribution in [0, 0.1) is 6.92 Å². The molecule has 1 saturated heterocycles. The zero-order valence-corrected chi connectivity index (χ0v) is 17.7. The van der Waals surface area contributed by atoms with Crippen LogP contribution in [0.4, 0.5) is 5.00 Å². The SMILES string of the molecule is CCOC(=O)c1c(-c2ccc(C)cc2)csc1NC(=O)C[NH+]1CCCC[C@@H]1C. The third-order valence-corrected chi connectivity index (χ3v) is 6.25. The third-order valence-electron chi connectivity index (χ3n) is 5.36. The lowest BCUT2D eigenvalue weighted by Gasteiger charge is -2.29. The van der Waals surface area contributed by atoms with Crippen LogP contribution in [0.25, 0.3) is 11.1 Å². The first-order valence-electron chi connectivity index (χ1n) is 9.99. The number of hydrogen-bond donors (Lipinski definition) is 2. The summed E-state index contributed by atoms with van der Waals surface area (Å²) in [7, 11) is 0. The Kier molecular flexibility index (Phi) is 6.86. The van der Waals surface area contributed by atoms with Gasteiger partial charge >= 0.3 is 5.97 Å². The van der Waals surface area contributed by atoms with Crippen molar-refractivity contribution in [3.63, 3.8) is 0 Å². The number of benzene rings is 1. The molecule has 1 amide bonds. The van der Waals surface area contributed by atoms with Gasteiger partial charge in [0.25, 0.3) is 5.91 Å². The average molecular weight is 402 g/mol. The molecule has 5 nitrogen and oxygen atoms in total. The van der Waals surface area contributed by atoms with Crippen molar-refractivity contribution < 1.29 is 19.2 Å². The Labute approximate surface area is 170 Å². The summed E-state index contributed by atoms with van der Waals surface area (Å²) in [6, 6.07) is 8.51. The molecule has 0 aliphatic carbocycles. The summed E-state index contributed by atoms with van der Waals surface area (Å²) >= 11 is 1.38. The smallest absolute Gasteiger partial charge is 0.341 e. The summed E-state index contributed by atoms with van der Waals surface area (Å²) in [6.07, 6.45) is 3.56. The topological polar surface area (TPSA) is 59.8 Å². The largest absolute Gasteiger partial charge is 0.462 e. The number of quaternary nitrogens is 1. The zero-order chi connectivity index (χ0) is 20.1. The zero-order valence-electron chi connectivity index (χ0n) is 16.8. The number of likely N-dealkylation sites (tertiary alicyclic amines) is 1. The van der Waals surface area contributed by atoms with Gasteiger partial charge in [-0.3, -0.25) is 4.79 Å². The molecule has 0 bridgehead atoms. The van der Waals surface area contributed by atoms with Gasteiger partial charge in [0.15, 0.2) is 6.54 Å². The fraction of sp³-hybridized carbons (Fsp3) is 0.455. The van der Waals surface area contributed by atoms with Crippen LogP contribution in [0.1, 0.15) is 49.0 Å². The van der Waals surface area contributed by atoms with E-state index in [4.69, 9.17) is 4.74 Å². The van der Waals surface area contributed by atoms with E-state index < -0.39 is 5.97 Å². The number of carbonyl (C=O) groups excluding carboxylic acids is 2. The van der Waals surface area contributed by atoms with E-state index in [2.05, 4.69) is 12.2 Å². The van der Waals surface area contributed by atoms with Crippen LogP contribution < -0.4 is 10.2 Å². The summed E-state index contributed by atoms with van der Waals surface area (Å²) in [6.45, 7) is 7.77. The summed E-state index contributed by atoms with van der Waals surface area (Å²) in [5, 5.41) is 5.47. The molecule has 1 aromatic heterocycles. The van der Waals surface area contributed by atoms with Crippen molar-refractivity contribution in [1.29, 1.82) is 0 Å². The Hall–Kier alpha value is -2.18. The molecule has 1 fully saturated rings. The van der Waals surface area contributed by atoms with Crippen molar-refractivity contribution in [2.45, 2.75) is 46.1 Å².